The second-order valence-corrected chi connectivity index (χ2v) is 6.98. The molecule has 9 heteroatoms. The van der Waals surface area contributed by atoms with Crippen LogP contribution in [0.15, 0.2) is 48.5 Å². The first kappa shape index (κ1) is 16.9. The van der Waals surface area contributed by atoms with Crippen LogP contribution < -0.4 is 4.52 Å². The van der Waals surface area contributed by atoms with Crippen molar-refractivity contribution < 1.29 is 23.1 Å². The number of phosphoric acid groups is 1. The van der Waals surface area contributed by atoms with E-state index in [2.05, 4.69) is 0 Å². The van der Waals surface area contributed by atoms with Gasteiger partial charge in [0, 0.05) is 29.1 Å². The molecule has 0 aromatic heterocycles. The normalized spacial score (nSPS) is 23.6. The SMILES string of the molecule is O=[N+]([O-])c1ccc(O[P@]2(=O)OCC[C@H](c3ccccc3Cl)O2)cc1. The van der Waals surface area contributed by atoms with Crippen molar-refractivity contribution in [3.05, 3.63) is 69.2 Å². The average molecular weight is 370 g/mol. The van der Waals surface area contributed by atoms with Crippen molar-refractivity contribution in [3.8, 4) is 5.75 Å². The number of nitrogens with zero attached hydrogens (tertiary/aromatic N) is 1. The fraction of sp³-hybridized carbons (Fsp3) is 0.200. The molecule has 0 amide bonds. The van der Waals surface area contributed by atoms with Crippen LogP contribution in [0.1, 0.15) is 18.1 Å². The third kappa shape index (κ3) is 3.76. The molecule has 7 nitrogen and oxygen atoms in total. The van der Waals surface area contributed by atoms with Gasteiger partial charge in [0.2, 0.25) is 0 Å². The van der Waals surface area contributed by atoms with E-state index in [1.807, 2.05) is 6.07 Å². The number of rotatable bonds is 4. The molecule has 0 bridgehead atoms. The van der Waals surface area contributed by atoms with Crippen LogP contribution in [0.5, 0.6) is 5.75 Å². The minimum Gasteiger partial charge on any atom is -0.404 e. The second kappa shape index (κ2) is 6.91. The van der Waals surface area contributed by atoms with E-state index in [1.54, 1.807) is 18.2 Å². The Bertz CT molecular complexity index is 797. The number of benzene rings is 2. The predicted octanol–water partition coefficient (Wildman–Crippen LogP) is 4.91. The van der Waals surface area contributed by atoms with Crippen molar-refractivity contribution in [2.45, 2.75) is 12.5 Å². The maximum absolute atomic E-state index is 12.7. The Kier molecular flexibility index (Phi) is 4.87. The topological polar surface area (TPSA) is 87.9 Å². The Labute approximate surface area is 142 Å². The highest BCUT2D eigenvalue weighted by Gasteiger charge is 2.38. The molecule has 2 aromatic rings. The van der Waals surface area contributed by atoms with Crippen molar-refractivity contribution >= 4 is 25.1 Å². The van der Waals surface area contributed by atoms with E-state index in [1.165, 1.54) is 24.3 Å². The zero-order valence-corrected chi connectivity index (χ0v) is 14.0. The summed E-state index contributed by atoms with van der Waals surface area (Å²) in [4.78, 5) is 10.1. The van der Waals surface area contributed by atoms with Crippen molar-refractivity contribution in [1.29, 1.82) is 0 Å². The second-order valence-electron chi connectivity index (χ2n) is 5.03. The number of halogens is 1. The van der Waals surface area contributed by atoms with Crippen LogP contribution in [0.3, 0.4) is 0 Å². The summed E-state index contributed by atoms with van der Waals surface area (Å²) in [5, 5.41) is 11.2. The first-order chi connectivity index (χ1) is 11.5. The van der Waals surface area contributed by atoms with Gasteiger partial charge in [0.1, 0.15) is 5.75 Å². The van der Waals surface area contributed by atoms with Crippen molar-refractivity contribution in [1.82, 2.24) is 0 Å². The lowest BCUT2D eigenvalue weighted by Gasteiger charge is -2.29. The molecule has 1 aliphatic rings. The minimum atomic E-state index is -3.84. The van der Waals surface area contributed by atoms with Crippen LogP contribution in [0.25, 0.3) is 0 Å². The van der Waals surface area contributed by atoms with Crippen molar-refractivity contribution in [2.75, 3.05) is 6.61 Å². The predicted molar refractivity (Wildman–Crippen MR) is 87.2 cm³/mol. The standard InChI is InChI=1S/C15H13ClNO6P/c16-14-4-2-1-3-13(14)15-9-10-21-24(20,23-15)22-12-7-5-11(6-8-12)17(18)19/h1-8,15H,9-10H2/t15-,24+/m1/s1. The molecule has 0 radical (unpaired) electrons. The smallest absolute Gasteiger partial charge is 0.404 e. The molecule has 1 saturated heterocycles. The summed E-state index contributed by atoms with van der Waals surface area (Å²) in [5.41, 5.74) is 0.607. The van der Waals surface area contributed by atoms with Crippen LogP contribution in [0.2, 0.25) is 5.02 Å². The van der Waals surface area contributed by atoms with Gasteiger partial charge < -0.3 is 4.52 Å². The van der Waals surface area contributed by atoms with E-state index < -0.39 is 18.8 Å². The highest BCUT2D eigenvalue weighted by molar-refractivity contribution is 7.49. The Morgan fingerprint density at radius 2 is 1.92 bits per heavy atom. The van der Waals surface area contributed by atoms with Gasteiger partial charge in [-0.15, -0.1) is 0 Å². The van der Waals surface area contributed by atoms with Crippen LogP contribution in [-0.2, 0) is 13.6 Å². The van der Waals surface area contributed by atoms with Crippen molar-refractivity contribution in [3.63, 3.8) is 0 Å². The molecule has 0 N–H and O–H groups in total. The summed E-state index contributed by atoms with van der Waals surface area (Å²) in [7, 11) is -3.84. The number of non-ortho nitro benzene ring substituents is 1. The van der Waals surface area contributed by atoms with Crippen molar-refractivity contribution in [2.24, 2.45) is 0 Å². The van der Waals surface area contributed by atoms with Gasteiger partial charge >= 0.3 is 7.82 Å². The summed E-state index contributed by atoms with van der Waals surface area (Å²) in [6.07, 6.45) is -0.0338. The van der Waals surface area contributed by atoms with Gasteiger partial charge in [-0.25, -0.2) is 4.57 Å². The fourth-order valence-electron chi connectivity index (χ4n) is 2.26. The lowest BCUT2D eigenvalue weighted by molar-refractivity contribution is -0.384. The molecule has 0 saturated carbocycles. The van der Waals surface area contributed by atoms with Gasteiger partial charge in [0.25, 0.3) is 5.69 Å². The number of nitro groups is 1. The molecule has 0 aliphatic carbocycles. The fourth-order valence-corrected chi connectivity index (χ4v) is 3.92. The van der Waals surface area contributed by atoms with Crippen LogP contribution in [0, 0.1) is 10.1 Å². The molecule has 1 aliphatic heterocycles. The monoisotopic (exact) mass is 369 g/mol. The molecule has 126 valence electrons. The highest BCUT2D eigenvalue weighted by atomic mass is 35.5. The minimum absolute atomic E-state index is 0.0972. The largest absolute Gasteiger partial charge is 0.530 e. The number of nitro benzene ring substituents is 1. The Hall–Kier alpha value is -1.92. The summed E-state index contributed by atoms with van der Waals surface area (Å²) in [6.45, 7) is 0.181. The molecule has 1 fully saturated rings. The summed E-state index contributed by atoms with van der Waals surface area (Å²) < 4.78 is 28.7. The average Bonchev–Trinajstić information content (AvgIpc) is 2.55. The highest BCUT2D eigenvalue weighted by Crippen LogP contribution is 2.57. The summed E-state index contributed by atoms with van der Waals surface area (Å²) in [6, 6.07) is 12.3. The van der Waals surface area contributed by atoms with E-state index in [0.717, 1.165) is 0 Å². The summed E-state index contributed by atoms with van der Waals surface area (Å²) in [5.74, 6) is 0.156. The number of hydrogen-bond acceptors (Lipinski definition) is 6. The third-order valence-corrected chi connectivity index (χ3v) is 5.19. The molecule has 3 rings (SSSR count). The molecule has 2 aromatic carbocycles. The van der Waals surface area contributed by atoms with E-state index in [-0.39, 0.29) is 18.0 Å². The molecule has 2 atom stereocenters. The lowest BCUT2D eigenvalue weighted by atomic mass is 10.1. The van der Waals surface area contributed by atoms with Gasteiger partial charge in [-0.3, -0.25) is 19.2 Å². The van der Waals surface area contributed by atoms with Crippen LogP contribution in [0.4, 0.5) is 5.69 Å². The van der Waals surface area contributed by atoms with Gasteiger partial charge in [0.15, 0.2) is 0 Å². The molecule has 0 spiro atoms. The van der Waals surface area contributed by atoms with Gasteiger partial charge in [-0.1, -0.05) is 29.8 Å². The van der Waals surface area contributed by atoms with E-state index in [4.69, 9.17) is 25.2 Å². The van der Waals surface area contributed by atoms with Gasteiger partial charge in [-0.05, 0) is 18.2 Å². The zero-order chi connectivity index (χ0) is 17.2. The lowest BCUT2D eigenvalue weighted by Crippen LogP contribution is -2.16. The summed E-state index contributed by atoms with van der Waals surface area (Å²) >= 11 is 6.14. The van der Waals surface area contributed by atoms with E-state index >= 15 is 0 Å². The van der Waals surface area contributed by atoms with Gasteiger partial charge in [-0.2, -0.15) is 0 Å². The Morgan fingerprint density at radius 3 is 2.58 bits per heavy atom. The molecular weight excluding hydrogens is 357 g/mol. The first-order valence-electron chi connectivity index (χ1n) is 7.08. The number of hydrogen-bond donors (Lipinski definition) is 0. The molecular formula is C15H13ClNO6P. The van der Waals surface area contributed by atoms with Gasteiger partial charge in [0.05, 0.1) is 17.6 Å². The molecule has 0 unspecified atom stereocenters. The van der Waals surface area contributed by atoms with E-state index in [0.29, 0.717) is 17.0 Å². The molecule has 1 heterocycles. The Morgan fingerprint density at radius 1 is 1.21 bits per heavy atom. The van der Waals surface area contributed by atoms with Crippen LogP contribution in [-0.4, -0.2) is 11.5 Å². The third-order valence-electron chi connectivity index (χ3n) is 3.40. The quantitative estimate of drug-likeness (QED) is 0.432. The maximum atomic E-state index is 12.7. The van der Waals surface area contributed by atoms with Crippen LogP contribution >= 0.6 is 19.4 Å². The zero-order valence-electron chi connectivity index (χ0n) is 12.3. The maximum Gasteiger partial charge on any atom is 0.530 e. The number of phosphoric ester groups is 1. The first-order valence-corrected chi connectivity index (χ1v) is 8.92. The molecule has 24 heavy (non-hydrogen) atoms. The Balaban J connectivity index is 1.76. The van der Waals surface area contributed by atoms with E-state index in [9.17, 15) is 14.7 Å².